The number of amides is 1. The van der Waals surface area contributed by atoms with Crippen LogP contribution >= 0.6 is 0 Å². The first-order chi connectivity index (χ1) is 13.3. The molecule has 0 unspecified atom stereocenters. The number of nitrogens with one attached hydrogen (secondary N) is 1. The van der Waals surface area contributed by atoms with Gasteiger partial charge in [0.15, 0.2) is 5.54 Å². The van der Waals surface area contributed by atoms with Crippen LogP contribution in [0.15, 0.2) is 41.5 Å². The van der Waals surface area contributed by atoms with E-state index in [9.17, 15) is 14.4 Å². The third kappa shape index (κ3) is 4.71. The topological polar surface area (TPSA) is 90.9 Å². The Balaban J connectivity index is 2.44. The predicted molar refractivity (Wildman–Crippen MR) is 103 cm³/mol. The minimum Gasteiger partial charge on any atom is -0.464 e. The van der Waals surface area contributed by atoms with Gasteiger partial charge in [-0.2, -0.15) is 0 Å². The third-order valence-electron chi connectivity index (χ3n) is 4.83. The summed E-state index contributed by atoms with van der Waals surface area (Å²) in [6.07, 6.45) is -1.36. The highest BCUT2D eigenvalue weighted by molar-refractivity contribution is 5.98. The molecule has 2 rings (SSSR count). The van der Waals surface area contributed by atoms with Crippen LogP contribution in [0, 0.1) is 0 Å². The number of benzene rings is 1. The van der Waals surface area contributed by atoms with Crippen LogP contribution in [0.3, 0.4) is 0 Å². The van der Waals surface area contributed by atoms with Crippen LogP contribution in [0.5, 0.6) is 0 Å². The number of esters is 1. The zero-order chi connectivity index (χ0) is 20.7. The molecule has 1 aromatic carbocycles. The van der Waals surface area contributed by atoms with E-state index in [-0.39, 0.29) is 19.6 Å². The van der Waals surface area contributed by atoms with Gasteiger partial charge in [0.05, 0.1) is 13.2 Å². The molecule has 0 fully saturated rings. The Bertz CT molecular complexity index is 757. The predicted octanol–water partition coefficient (Wildman–Crippen LogP) is 3.39. The molecule has 0 aliphatic heterocycles. The summed E-state index contributed by atoms with van der Waals surface area (Å²) in [5, 5.41) is 2.80. The van der Waals surface area contributed by atoms with Crippen molar-refractivity contribution in [2.75, 3.05) is 13.2 Å². The Hall–Kier alpha value is -2.83. The Morgan fingerprint density at radius 2 is 1.68 bits per heavy atom. The summed E-state index contributed by atoms with van der Waals surface area (Å²) in [4.78, 5) is 37.9. The van der Waals surface area contributed by atoms with Crippen LogP contribution in [-0.4, -0.2) is 42.9 Å². The number of rotatable bonds is 6. The molecule has 2 atom stereocenters. The van der Waals surface area contributed by atoms with E-state index in [1.807, 2.05) is 13.8 Å². The van der Waals surface area contributed by atoms with E-state index >= 15 is 0 Å². The summed E-state index contributed by atoms with van der Waals surface area (Å²) in [5.74, 6) is -1.08. The number of hydrogen-bond acceptors (Lipinski definition) is 6. The monoisotopic (exact) mass is 389 g/mol. The molecular formula is C21H27NO6. The fourth-order valence-corrected chi connectivity index (χ4v) is 3.22. The highest BCUT2D eigenvalue weighted by Crippen LogP contribution is 2.36. The van der Waals surface area contributed by atoms with Crippen molar-refractivity contribution in [3.8, 4) is 0 Å². The minimum atomic E-state index is -1.53. The molecule has 7 nitrogen and oxygen atoms in total. The van der Waals surface area contributed by atoms with Gasteiger partial charge in [0.1, 0.15) is 6.10 Å². The first-order valence-corrected chi connectivity index (χ1v) is 9.37. The van der Waals surface area contributed by atoms with E-state index in [2.05, 4.69) is 5.32 Å². The molecule has 7 heteroatoms. The van der Waals surface area contributed by atoms with Gasteiger partial charge in [-0.05, 0) is 39.8 Å². The van der Waals surface area contributed by atoms with Crippen LogP contribution in [0.25, 0.3) is 0 Å². The van der Waals surface area contributed by atoms with Crippen molar-refractivity contribution in [3.05, 3.63) is 47.0 Å². The van der Waals surface area contributed by atoms with Gasteiger partial charge in [-0.3, -0.25) is 4.79 Å². The number of carbonyl (C=O) groups is 3. The lowest BCUT2D eigenvalue weighted by atomic mass is 9.76. The molecular weight excluding hydrogens is 362 g/mol. The number of carbonyl (C=O) groups excluding carboxylic acids is 3. The average Bonchev–Trinajstić information content (AvgIpc) is 2.66. The summed E-state index contributed by atoms with van der Waals surface area (Å²) >= 11 is 0. The second-order valence-electron chi connectivity index (χ2n) is 6.74. The van der Waals surface area contributed by atoms with Crippen LogP contribution in [-0.2, 0) is 19.0 Å². The number of hydrogen-bond donors (Lipinski definition) is 1. The summed E-state index contributed by atoms with van der Waals surface area (Å²) in [6.45, 7) is 7.41. The second kappa shape index (κ2) is 9.39. The maximum Gasteiger partial charge on any atom is 0.508 e. The Labute approximate surface area is 165 Å². The van der Waals surface area contributed by atoms with Crippen LogP contribution in [0.2, 0.25) is 0 Å². The first kappa shape index (κ1) is 21.5. The lowest BCUT2D eigenvalue weighted by Crippen LogP contribution is -2.65. The van der Waals surface area contributed by atoms with Gasteiger partial charge in [-0.25, -0.2) is 9.59 Å². The van der Waals surface area contributed by atoms with E-state index in [0.717, 1.165) is 11.1 Å². The quantitative estimate of drug-likeness (QED) is 0.592. The van der Waals surface area contributed by atoms with Crippen LogP contribution < -0.4 is 5.32 Å². The minimum absolute atomic E-state index is 0.135. The van der Waals surface area contributed by atoms with Gasteiger partial charge >= 0.3 is 12.1 Å². The molecule has 1 aliphatic carbocycles. The lowest BCUT2D eigenvalue weighted by Gasteiger charge is -2.42. The maximum atomic E-state index is 13.0. The van der Waals surface area contributed by atoms with Crippen molar-refractivity contribution < 1.29 is 28.6 Å². The van der Waals surface area contributed by atoms with Gasteiger partial charge in [-0.1, -0.05) is 29.3 Å². The van der Waals surface area contributed by atoms with Crippen LogP contribution in [0.4, 0.5) is 4.79 Å². The highest BCUT2D eigenvalue weighted by atomic mass is 16.7. The molecule has 0 saturated carbocycles. The molecule has 0 bridgehead atoms. The van der Waals surface area contributed by atoms with Crippen molar-refractivity contribution in [1.29, 1.82) is 0 Å². The summed E-state index contributed by atoms with van der Waals surface area (Å²) in [7, 11) is 0. The molecule has 1 amide bonds. The smallest absolute Gasteiger partial charge is 0.464 e. The van der Waals surface area contributed by atoms with Crippen molar-refractivity contribution in [2.45, 2.75) is 52.2 Å². The molecule has 0 radical (unpaired) electrons. The van der Waals surface area contributed by atoms with E-state index in [4.69, 9.17) is 14.2 Å². The first-order valence-electron chi connectivity index (χ1n) is 9.37. The van der Waals surface area contributed by atoms with E-state index in [1.54, 1.807) is 44.2 Å². The number of ether oxygens (including phenoxy) is 3. The van der Waals surface area contributed by atoms with Gasteiger partial charge in [0.25, 0.3) is 5.91 Å². The third-order valence-corrected chi connectivity index (χ3v) is 4.83. The molecule has 152 valence electrons. The van der Waals surface area contributed by atoms with Gasteiger partial charge in [-0.15, -0.1) is 0 Å². The molecule has 0 spiro atoms. The molecule has 1 aromatic rings. The van der Waals surface area contributed by atoms with E-state index in [1.165, 1.54) is 0 Å². The standard InChI is InChI=1S/C21H27NO6/c1-5-26-19(24)21(22-18(23)16-10-8-7-9-11-16)13-15(4)14(3)12-17(21)28-20(25)27-6-2/h7-11,17H,5-6,12-13H2,1-4H3,(H,22,23)/t17-,21+/m0/s1. The normalized spacial score (nSPS) is 21.6. The zero-order valence-electron chi connectivity index (χ0n) is 16.7. The summed E-state index contributed by atoms with van der Waals surface area (Å²) < 4.78 is 15.6. The molecule has 0 saturated heterocycles. The Kier molecular flexibility index (Phi) is 7.20. The fraction of sp³-hybridized carbons (Fsp3) is 0.476. The van der Waals surface area contributed by atoms with Gasteiger partial charge in [0, 0.05) is 18.4 Å². The Morgan fingerprint density at radius 1 is 1.04 bits per heavy atom. The molecule has 1 aliphatic rings. The zero-order valence-corrected chi connectivity index (χ0v) is 16.7. The largest absolute Gasteiger partial charge is 0.508 e. The second-order valence-corrected chi connectivity index (χ2v) is 6.74. The molecule has 28 heavy (non-hydrogen) atoms. The van der Waals surface area contributed by atoms with Crippen molar-refractivity contribution in [1.82, 2.24) is 5.32 Å². The van der Waals surface area contributed by atoms with Crippen molar-refractivity contribution in [3.63, 3.8) is 0 Å². The van der Waals surface area contributed by atoms with E-state index in [0.29, 0.717) is 12.0 Å². The molecule has 0 heterocycles. The lowest BCUT2D eigenvalue weighted by molar-refractivity contribution is -0.157. The van der Waals surface area contributed by atoms with Crippen molar-refractivity contribution >= 4 is 18.0 Å². The maximum absolute atomic E-state index is 13.0. The summed E-state index contributed by atoms with van der Waals surface area (Å²) in [6, 6.07) is 8.54. The van der Waals surface area contributed by atoms with Gasteiger partial charge < -0.3 is 19.5 Å². The highest BCUT2D eigenvalue weighted by Gasteiger charge is 2.53. The fourth-order valence-electron chi connectivity index (χ4n) is 3.22. The van der Waals surface area contributed by atoms with E-state index < -0.39 is 29.7 Å². The van der Waals surface area contributed by atoms with Crippen LogP contribution in [0.1, 0.15) is 50.9 Å². The summed E-state index contributed by atoms with van der Waals surface area (Å²) in [5.41, 5.74) is 0.789. The SMILES string of the molecule is CCOC(=O)O[C@H]1CC(C)=C(C)C[C@]1(NC(=O)c1ccccc1)C(=O)OCC. The molecule has 1 N–H and O–H groups in total. The Morgan fingerprint density at radius 3 is 2.29 bits per heavy atom. The molecule has 0 aromatic heterocycles. The van der Waals surface area contributed by atoms with Crippen molar-refractivity contribution in [2.24, 2.45) is 0 Å². The average molecular weight is 389 g/mol. The van der Waals surface area contributed by atoms with Gasteiger partial charge in [0.2, 0.25) is 0 Å².